The molecule has 0 bridgehead atoms. The number of rotatable bonds is 7. The Bertz CT molecular complexity index is 1320. The Labute approximate surface area is 240 Å². The summed E-state index contributed by atoms with van der Waals surface area (Å²) >= 11 is 1.54. The first-order valence-electron chi connectivity index (χ1n) is 12.9. The Morgan fingerprint density at radius 2 is 1.56 bits per heavy atom. The van der Waals surface area contributed by atoms with E-state index in [-0.39, 0.29) is 17.9 Å². The van der Waals surface area contributed by atoms with E-state index >= 15 is 0 Å². The quantitative estimate of drug-likeness (QED) is 0.338. The maximum atomic E-state index is 12.8. The molecule has 1 aliphatic rings. The molecule has 2 aromatic carbocycles. The van der Waals surface area contributed by atoms with E-state index in [2.05, 4.69) is 56.8 Å². The number of carbonyl (C=O) groups is 3. The molecule has 0 unspecified atom stereocenters. The zero-order valence-electron chi connectivity index (χ0n) is 23.0. The van der Waals surface area contributed by atoms with Crippen LogP contribution in [-0.2, 0) is 16.1 Å². The molecule has 2 amide bonds. The number of amides is 2. The molecule has 1 fully saturated rings. The van der Waals surface area contributed by atoms with E-state index in [0.717, 1.165) is 59.2 Å². The van der Waals surface area contributed by atoms with Gasteiger partial charge in [-0.25, -0.2) is 4.79 Å². The SMILES string of the molecule is CC(=O)Nc1ccc(CN2CCC(NC(=O)c3ccc(-c4ccc(N(C)C)cc4)s3)CC2)cc1.O=C(O)C(F)(F)F. The van der Waals surface area contributed by atoms with Gasteiger partial charge in [-0.05, 0) is 60.4 Å². The van der Waals surface area contributed by atoms with Crippen molar-refractivity contribution in [3.05, 3.63) is 71.1 Å². The third-order valence-electron chi connectivity index (χ3n) is 6.34. The molecule has 4 rings (SSSR count). The Morgan fingerprint density at radius 1 is 0.976 bits per heavy atom. The first-order chi connectivity index (χ1) is 19.3. The van der Waals surface area contributed by atoms with Crippen LogP contribution in [0.2, 0.25) is 0 Å². The number of halogens is 3. The molecule has 1 saturated heterocycles. The average molecular weight is 591 g/mol. The number of anilines is 2. The molecule has 1 aromatic heterocycles. The summed E-state index contributed by atoms with van der Waals surface area (Å²) in [5.41, 5.74) is 4.33. The summed E-state index contributed by atoms with van der Waals surface area (Å²) in [5, 5.41) is 13.2. The van der Waals surface area contributed by atoms with Crippen molar-refractivity contribution in [3.63, 3.8) is 0 Å². The number of thiophene rings is 1. The lowest BCUT2D eigenvalue weighted by Gasteiger charge is -2.32. The van der Waals surface area contributed by atoms with Gasteiger partial charge in [-0.15, -0.1) is 11.3 Å². The number of nitrogens with zero attached hydrogens (tertiary/aromatic N) is 2. The smallest absolute Gasteiger partial charge is 0.475 e. The number of carbonyl (C=O) groups excluding carboxylic acids is 2. The van der Waals surface area contributed by atoms with Crippen molar-refractivity contribution in [3.8, 4) is 10.4 Å². The van der Waals surface area contributed by atoms with Crippen molar-refractivity contribution < 1.29 is 32.7 Å². The normalized spacial score (nSPS) is 14.0. The number of carboxylic acids is 1. The number of hydrogen-bond donors (Lipinski definition) is 3. The van der Waals surface area contributed by atoms with Gasteiger partial charge in [0.1, 0.15) is 0 Å². The third kappa shape index (κ3) is 9.90. The molecule has 8 nitrogen and oxygen atoms in total. The van der Waals surface area contributed by atoms with Crippen LogP contribution in [0.1, 0.15) is 35.0 Å². The van der Waals surface area contributed by atoms with Gasteiger partial charge in [0, 0.05) is 62.9 Å². The number of carboxylic acid groups (broad SMARTS) is 1. The molecule has 220 valence electrons. The molecule has 0 atom stereocenters. The van der Waals surface area contributed by atoms with Crippen molar-refractivity contribution >= 4 is 40.5 Å². The number of aliphatic carboxylic acids is 1. The zero-order valence-corrected chi connectivity index (χ0v) is 23.8. The highest BCUT2D eigenvalue weighted by Crippen LogP contribution is 2.29. The van der Waals surface area contributed by atoms with Gasteiger partial charge in [0.15, 0.2) is 0 Å². The summed E-state index contributed by atoms with van der Waals surface area (Å²) in [7, 11) is 4.05. The molecule has 0 saturated carbocycles. The Balaban J connectivity index is 0.000000587. The van der Waals surface area contributed by atoms with Crippen LogP contribution in [-0.4, -0.2) is 67.2 Å². The minimum Gasteiger partial charge on any atom is -0.475 e. The fourth-order valence-electron chi connectivity index (χ4n) is 4.19. The van der Waals surface area contributed by atoms with E-state index in [1.807, 2.05) is 38.4 Å². The number of benzene rings is 2. The molecule has 0 aliphatic carbocycles. The van der Waals surface area contributed by atoms with Crippen molar-refractivity contribution in [1.82, 2.24) is 10.2 Å². The van der Waals surface area contributed by atoms with Gasteiger partial charge in [-0.1, -0.05) is 24.3 Å². The fraction of sp³-hybridized carbons (Fsp3) is 0.345. The predicted octanol–water partition coefficient (Wildman–Crippen LogP) is 5.47. The molecule has 3 N–H and O–H groups in total. The summed E-state index contributed by atoms with van der Waals surface area (Å²) < 4.78 is 31.7. The lowest BCUT2D eigenvalue weighted by atomic mass is 10.0. The van der Waals surface area contributed by atoms with E-state index < -0.39 is 12.1 Å². The summed E-state index contributed by atoms with van der Waals surface area (Å²) in [4.78, 5) is 39.2. The molecule has 12 heteroatoms. The lowest BCUT2D eigenvalue weighted by Crippen LogP contribution is -2.44. The maximum Gasteiger partial charge on any atom is 0.490 e. The second-order valence-corrected chi connectivity index (χ2v) is 10.9. The van der Waals surface area contributed by atoms with Crippen molar-refractivity contribution in [2.24, 2.45) is 0 Å². The lowest BCUT2D eigenvalue weighted by molar-refractivity contribution is -0.192. The molecule has 41 heavy (non-hydrogen) atoms. The average Bonchev–Trinajstić information content (AvgIpc) is 3.41. The van der Waals surface area contributed by atoms with Crippen LogP contribution in [0.25, 0.3) is 10.4 Å². The van der Waals surface area contributed by atoms with Gasteiger partial charge in [0.2, 0.25) is 5.91 Å². The largest absolute Gasteiger partial charge is 0.490 e. The van der Waals surface area contributed by atoms with Gasteiger partial charge >= 0.3 is 12.1 Å². The Kier molecular flexibility index (Phi) is 10.9. The molecular formula is C29H33F3N4O4S. The second-order valence-electron chi connectivity index (χ2n) is 9.81. The second kappa shape index (κ2) is 14.1. The Hall–Kier alpha value is -3.90. The number of hydrogen-bond acceptors (Lipinski definition) is 6. The van der Waals surface area contributed by atoms with Crippen LogP contribution in [0.3, 0.4) is 0 Å². The third-order valence-corrected chi connectivity index (χ3v) is 7.48. The van der Waals surface area contributed by atoms with Crippen LogP contribution in [0, 0.1) is 0 Å². The maximum absolute atomic E-state index is 12.8. The standard InChI is InChI=1S/C27H32N4O2S.C2HF3O2/c1-19(32)28-22-8-4-20(5-9-22)18-31-16-14-23(15-17-31)29-27(33)26-13-12-25(34-26)21-6-10-24(11-7-21)30(2)3;3-2(4,5)1(6)7/h4-13,23H,14-18H2,1-3H3,(H,28,32)(H,29,33);(H,6,7). The number of likely N-dealkylation sites (tertiary alicyclic amines) is 1. The monoisotopic (exact) mass is 590 g/mol. The van der Waals surface area contributed by atoms with Crippen LogP contribution >= 0.6 is 11.3 Å². The van der Waals surface area contributed by atoms with Gasteiger partial charge in [0.25, 0.3) is 5.91 Å². The highest BCUT2D eigenvalue weighted by molar-refractivity contribution is 7.17. The molecule has 0 radical (unpaired) electrons. The van der Waals surface area contributed by atoms with Crippen molar-refractivity contribution in [2.45, 2.75) is 38.5 Å². The van der Waals surface area contributed by atoms with Crippen molar-refractivity contribution in [1.29, 1.82) is 0 Å². The van der Waals surface area contributed by atoms with E-state index in [9.17, 15) is 22.8 Å². The molecule has 3 aromatic rings. The minimum absolute atomic E-state index is 0.0215. The van der Waals surface area contributed by atoms with E-state index in [1.165, 1.54) is 12.5 Å². The van der Waals surface area contributed by atoms with Crippen LogP contribution in [0.5, 0.6) is 0 Å². The molecular weight excluding hydrogens is 557 g/mol. The molecule has 0 spiro atoms. The summed E-state index contributed by atoms with van der Waals surface area (Å²) in [6.07, 6.45) is -3.19. The van der Waals surface area contributed by atoms with Crippen LogP contribution < -0.4 is 15.5 Å². The first-order valence-corrected chi connectivity index (χ1v) is 13.7. The van der Waals surface area contributed by atoms with Gasteiger partial charge in [-0.3, -0.25) is 14.5 Å². The van der Waals surface area contributed by atoms with Crippen LogP contribution in [0.4, 0.5) is 24.5 Å². The van der Waals surface area contributed by atoms with E-state index in [0.29, 0.717) is 0 Å². The highest BCUT2D eigenvalue weighted by Gasteiger charge is 2.38. The van der Waals surface area contributed by atoms with Gasteiger partial charge < -0.3 is 20.6 Å². The summed E-state index contributed by atoms with van der Waals surface area (Å²) in [6, 6.07) is 20.6. The molecule has 2 heterocycles. The van der Waals surface area contributed by atoms with Crippen molar-refractivity contribution in [2.75, 3.05) is 37.4 Å². The van der Waals surface area contributed by atoms with E-state index in [1.54, 1.807) is 11.3 Å². The summed E-state index contributed by atoms with van der Waals surface area (Å²) in [5.74, 6) is -2.80. The fourth-order valence-corrected chi connectivity index (χ4v) is 5.10. The predicted molar refractivity (Wildman–Crippen MR) is 154 cm³/mol. The zero-order chi connectivity index (χ0) is 30.2. The summed E-state index contributed by atoms with van der Waals surface area (Å²) in [6.45, 7) is 4.29. The minimum atomic E-state index is -5.08. The Morgan fingerprint density at radius 3 is 2.07 bits per heavy atom. The number of nitrogens with one attached hydrogen (secondary N) is 2. The van der Waals surface area contributed by atoms with Crippen LogP contribution in [0.15, 0.2) is 60.7 Å². The number of alkyl halides is 3. The number of piperidine rings is 1. The van der Waals surface area contributed by atoms with Gasteiger partial charge in [-0.2, -0.15) is 13.2 Å². The van der Waals surface area contributed by atoms with E-state index in [4.69, 9.17) is 9.90 Å². The highest BCUT2D eigenvalue weighted by atomic mass is 32.1. The first kappa shape index (κ1) is 31.6. The molecule has 1 aliphatic heterocycles. The topological polar surface area (TPSA) is 102 Å². The van der Waals surface area contributed by atoms with Gasteiger partial charge in [0.05, 0.1) is 4.88 Å².